The fourth-order valence-corrected chi connectivity index (χ4v) is 1.73. The van der Waals surface area contributed by atoms with Crippen LogP contribution in [0, 0.1) is 0 Å². The molecule has 1 aromatic rings. The highest BCUT2D eigenvalue weighted by Gasteiger charge is 2.22. The molecule has 4 nitrogen and oxygen atoms in total. The van der Waals surface area contributed by atoms with Crippen molar-refractivity contribution in [2.24, 2.45) is 0 Å². The molecule has 106 valence electrons. The minimum Gasteiger partial charge on any atom is -0.350 e. The lowest BCUT2D eigenvalue weighted by Gasteiger charge is -2.28. The Kier molecular flexibility index (Phi) is 5.48. The summed E-state index contributed by atoms with van der Waals surface area (Å²) in [6, 6.07) is 3.80. The quantitative estimate of drug-likeness (QED) is 0.829. The van der Waals surface area contributed by atoms with Gasteiger partial charge in [0.15, 0.2) is 0 Å². The Bertz CT molecular complexity index is 403. The molecule has 2 N–H and O–H groups in total. The molecular formula is C15H25N3O. The van der Waals surface area contributed by atoms with E-state index in [1.807, 2.05) is 39.8 Å². The van der Waals surface area contributed by atoms with Crippen molar-refractivity contribution >= 4 is 5.91 Å². The SMILES string of the molecule is CCC(C)(C)NC(=O)C(C)N[C@H](C)c1ccncc1. The van der Waals surface area contributed by atoms with Crippen LogP contribution in [0.2, 0.25) is 0 Å². The van der Waals surface area contributed by atoms with Gasteiger partial charge in [-0.25, -0.2) is 0 Å². The second-order valence-electron chi connectivity index (χ2n) is 5.62. The minimum absolute atomic E-state index is 0.0350. The van der Waals surface area contributed by atoms with E-state index in [0.29, 0.717) is 0 Å². The van der Waals surface area contributed by atoms with Crippen molar-refractivity contribution in [3.05, 3.63) is 30.1 Å². The number of hydrogen-bond acceptors (Lipinski definition) is 3. The number of amides is 1. The lowest BCUT2D eigenvalue weighted by Crippen LogP contribution is -2.51. The Balaban J connectivity index is 2.55. The summed E-state index contributed by atoms with van der Waals surface area (Å²) in [5.74, 6) is 0.0350. The molecule has 1 aromatic heterocycles. The van der Waals surface area contributed by atoms with Crippen LogP contribution < -0.4 is 10.6 Å². The van der Waals surface area contributed by atoms with Crippen molar-refractivity contribution < 1.29 is 4.79 Å². The van der Waals surface area contributed by atoms with Crippen LogP contribution >= 0.6 is 0 Å². The normalized spacial score (nSPS) is 14.8. The zero-order chi connectivity index (χ0) is 14.5. The third kappa shape index (κ3) is 4.99. The van der Waals surface area contributed by atoms with Gasteiger partial charge in [0.2, 0.25) is 5.91 Å². The smallest absolute Gasteiger partial charge is 0.237 e. The van der Waals surface area contributed by atoms with E-state index < -0.39 is 0 Å². The molecule has 0 aromatic carbocycles. The monoisotopic (exact) mass is 263 g/mol. The van der Waals surface area contributed by atoms with Crippen molar-refractivity contribution in [1.29, 1.82) is 0 Å². The third-order valence-electron chi connectivity index (χ3n) is 3.44. The van der Waals surface area contributed by atoms with Crippen LogP contribution in [-0.2, 0) is 4.79 Å². The van der Waals surface area contributed by atoms with E-state index in [9.17, 15) is 4.79 Å². The highest BCUT2D eigenvalue weighted by Crippen LogP contribution is 2.12. The highest BCUT2D eigenvalue weighted by atomic mass is 16.2. The van der Waals surface area contributed by atoms with Crippen LogP contribution in [0.3, 0.4) is 0 Å². The molecule has 19 heavy (non-hydrogen) atoms. The fourth-order valence-electron chi connectivity index (χ4n) is 1.73. The summed E-state index contributed by atoms with van der Waals surface area (Å²) in [6.45, 7) is 10.1. The Labute approximate surface area is 116 Å². The van der Waals surface area contributed by atoms with Crippen LogP contribution in [0.1, 0.15) is 52.6 Å². The molecule has 1 heterocycles. The molecule has 0 radical (unpaired) electrons. The molecule has 0 aliphatic heterocycles. The molecule has 1 rings (SSSR count). The average molecular weight is 263 g/mol. The van der Waals surface area contributed by atoms with Gasteiger partial charge < -0.3 is 5.32 Å². The molecule has 1 amide bonds. The van der Waals surface area contributed by atoms with Gasteiger partial charge in [-0.05, 0) is 51.8 Å². The Morgan fingerprint density at radius 2 is 1.89 bits per heavy atom. The Morgan fingerprint density at radius 1 is 1.32 bits per heavy atom. The maximum atomic E-state index is 12.1. The lowest BCUT2D eigenvalue weighted by molar-refractivity contribution is -0.124. The number of pyridine rings is 1. The summed E-state index contributed by atoms with van der Waals surface area (Å²) < 4.78 is 0. The number of hydrogen-bond donors (Lipinski definition) is 2. The zero-order valence-corrected chi connectivity index (χ0v) is 12.5. The molecule has 0 aliphatic carbocycles. The summed E-state index contributed by atoms with van der Waals surface area (Å²) in [5, 5.41) is 6.35. The molecule has 2 atom stereocenters. The minimum atomic E-state index is -0.228. The Hall–Kier alpha value is -1.42. The van der Waals surface area contributed by atoms with Crippen molar-refractivity contribution in [3.63, 3.8) is 0 Å². The number of nitrogens with zero attached hydrogens (tertiary/aromatic N) is 1. The van der Waals surface area contributed by atoms with Gasteiger partial charge in [0.05, 0.1) is 6.04 Å². The molecule has 0 aliphatic rings. The number of carbonyl (C=O) groups excluding carboxylic acids is 1. The topological polar surface area (TPSA) is 54.0 Å². The number of aromatic nitrogens is 1. The molecule has 0 saturated carbocycles. The van der Waals surface area contributed by atoms with Gasteiger partial charge in [0, 0.05) is 24.0 Å². The van der Waals surface area contributed by atoms with Gasteiger partial charge in [0.25, 0.3) is 0 Å². The van der Waals surface area contributed by atoms with Gasteiger partial charge >= 0.3 is 0 Å². The predicted molar refractivity (Wildman–Crippen MR) is 77.8 cm³/mol. The van der Waals surface area contributed by atoms with E-state index in [0.717, 1.165) is 12.0 Å². The molecule has 1 unspecified atom stereocenters. The van der Waals surface area contributed by atoms with E-state index >= 15 is 0 Å². The Morgan fingerprint density at radius 3 is 2.42 bits per heavy atom. The maximum Gasteiger partial charge on any atom is 0.237 e. The number of carbonyl (C=O) groups is 1. The standard InChI is InChI=1S/C15H25N3O/c1-6-15(4,5)18-14(19)12(3)17-11(2)13-7-9-16-10-8-13/h7-12,17H,6H2,1-5H3,(H,18,19)/t11-,12?/m1/s1. The van der Waals surface area contributed by atoms with Crippen LogP contribution in [0.4, 0.5) is 0 Å². The number of nitrogens with one attached hydrogen (secondary N) is 2. The summed E-state index contributed by atoms with van der Waals surface area (Å²) in [6.07, 6.45) is 4.43. The van der Waals surface area contributed by atoms with Gasteiger partial charge in [-0.1, -0.05) is 6.92 Å². The van der Waals surface area contributed by atoms with Gasteiger partial charge in [-0.2, -0.15) is 0 Å². The largest absolute Gasteiger partial charge is 0.350 e. The average Bonchev–Trinajstić information content (AvgIpc) is 2.39. The van der Waals surface area contributed by atoms with Crippen molar-refractivity contribution in [2.75, 3.05) is 0 Å². The molecule has 0 fully saturated rings. The predicted octanol–water partition coefficient (Wildman–Crippen LogP) is 2.43. The molecule has 4 heteroatoms. The fraction of sp³-hybridized carbons (Fsp3) is 0.600. The highest BCUT2D eigenvalue weighted by molar-refractivity contribution is 5.82. The van der Waals surface area contributed by atoms with Crippen LogP contribution in [0.25, 0.3) is 0 Å². The van der Waals surface area contributed by atoms with E-state index in [4.69, 9.17) is 0 Å². The molecule has 0 spiro atoms. The van der Waals surface area contributed by atoms with Crippen molar-refractivity contribution in [1.82, 2.24) is 15.6 Å². The second-order valence-corrected chi connectivity index (χ2v) is 5.62. The first-order valence-corrected chi connectivity index (χ1v) is 6.83. The first kappa shape index (κ1) is 15.6. The van der Waals surface area contributed by atoms with Crippen molar-refractivity contribution in [3.8, 4) is 0 Å². The third-order valence-corrected chi connectivity index (χ3v) is 3.44. The number of rotatable bonds is 6. The molecular weight excluding hydrogens is 238 g/mol. The van der Waals surface area contributed by atoms with E-state index in [1.165, 1.54) is 0 Å². The van der Waals surface area contributed by atoms with E-state index in [-0.39, 0.29) is 23.5 Å². The maximum absolute atomic E-state index is 12.1. The van der Waals surface area contributed by atoms with E-state index in [1.54, 1.807) is 12.4 Å². The van der Waals surface area contributed by atoms with E-state index in [2.05, 4.69) is 22.5 Å². The van der Waals surface area contributed by atoms with Crippen LogP contribution in [-0.4, -0.2) is 22.5 Å². The second kappa shape index (κ2) is 6.66. The van der Waals surface area contributed by atoms with Crippen LogP contribution in [0.15, 0.2) is 24.5 Å². The van der Waals surface area contributed by atoms with Gasteiger partial charge in [-0.15, -0.1) is 0 Å². The first-order chi connectivity index (χ1) is 8.85. The zero-order valence-electron chi connectivity index (χ0n) is 12.5. The first-order valence-electron chi connectivity index (χ1n) is 6.83. The summed E-state index contributed by atoms with van der Waals surface area (Å²) in [7, 11) is 0. The van der Waals surface area contributed by atoms with Crippen LogP contribution in [0.5, 0.6) is 0 Å². The summed E-state index contributed by atoms with van der Waals surface area (Å²) >= 11 is 0. The molecule has 0 bridgehead atoms. The summed E-state index contributed by atoms with van der Waals surface area (Å²) in [5.41, 5.74) is 0.969. The van der Waals surface area contributed by atoms with Crippen molar-refractivity contribution in [2.45, 2.75) is 58.7 Å². The summed E-state index contributed by atoms with van der Waals surface area (Å²) in [4.78, 5) is 16.1. The lowest BCUT2D eigenvalue weighted by atomic mass is 10.0. The van der Waals surface area contributed by atoms with Gasteiger partial charge in [-0.3, -0.25) is 15.1 Å². The van der Waals surface area contributed by atoms with Gasteiger partial charge in [0.1, 0.15) is 0 Å². The molecule has 0 saturated heterocycles.